The van der Waals surface area contributed by atoms with Crippen molar-refractivity contribution in [3.63, 3.8) is 0 Å². The maximum atomic E-state index is 2.38. The fourth-order valence-electron chi connectivity index (χ4n) is 2.65. The number of likely N-dealkylation sites (N-methyl/N-ethyl adjacent to an activating group) is 2. The lowest BCUT2D eigenvalue weighted by atomic mass is 9.98. The molecular weight excluding hydrogens is 196 g/mol. The largest absolute Gasteiger partial charge is 0.364 e. The van der Waals surface area contributed by atoms with Crippen LogP contribution in [-0.4, -0.2) is 20.1 Å². The van der Waals surface area contributed by atoms with Gasteiger partial charge in [-0.3, -0.25) is 0 Å². The minimum atomic E-state index is 0.491. The van der Waals surface area contributed by atoms with Gasteiger partial charge in [0.25, 0.3) is 0 Å². The maximum Gasteiger partial charge on any atom is 0.0725 e. The van der Waals surface area contributed by atoms with Crippen LogP contribution < -0.4 is 9.80 Å². The minimum absolute atomic E-state index is 0.491. The molecule has 1 aromatic rings. The summed E-state index contributed by atoms with van der Waals surface area (Å²) < 4.78 is 0. The number of fused-ring (bicyclic) bond motifs is 2. The lowest BCUT2D eigenvalue weighted by molar-refractivity contribution is 0.673. The highest BCUT2D eigenvalue weighted by Crippen LogP contribution is 2.39. The highest BCUT2D eigenvalue weighted by atomic mass is 15.3. The normalized spacial score (nSPS) is 22.6. The Morgan fingerprint density at radius 2 is 1.88 bits per heavy atom. The van der Waals surface area contributed by atoms with Crippen molar-refractivity contribution in [3.8, 4) is 0 Å². The molecule has 82 valence electrons. The number of hydrogen-bond acceptors (Lipinski definition) is 2. The van der Waals surface area contributed by atoms with Gasteiger partial charge in [-0.1, -0.05) is 24.3 Å². The Labute approximate surface area is 96.5 Å². The monoisotopic (exact) mass is 212 g/mol. The van der Waals surface area contributed by atoms with Gasteiger partial charge in [-0.2, -0.15) is 0 Å². The van der Waals surface area contributed by atoms with Crippen LogP contribution in [0.15, 0.2) is 48.2 Å². The molecule has 1 aliphatic heterocycles. The van der Waals surface area contributed by atoms with Gasteiger partial charge < -0.3 is 9.80 Å². The molecule has 0 radical (unpaired) electrons. The van der Waals surface area contributed by atoms with Gasteiger partial charge in [0.2, 0.25) is 0 Å². The molecule has 1 heterocycles. The molecule has 0 fully saturated rings. The van der Waals surface area contributed by atoms with E-state index >= 15 is 0 Å². The topological polar surface area (TPSA) is 6.48 Å². The van der Waals surface area contributed by atoms with Crippen molar-refractivity contribution in [1.29, 1.82) is 0 Å². The van der Waals surface area contributed by atoms with Gasteiger partial charge in [0, 0.05) is 19.8 Å². The van der Waals surface area contributed by atoms with Crippen molar-refractivity contribution in [1.82, 2.24) is 0 Å². The van der Waals surface area contributed by atoms with Crippen molar-refractivity contribution in [3.05, 3.63) is 48.2 Å². The van der Waals surface area contributed by atoms with Gasteiger partial charge in [0.15, 0.2) is 0 Å². The van der Waals surface area contributed by atoms with Crippen LogP contribution >= 0.6 is 0 Å². The van der Waals surface area contributed by atoms with Crippen LogP contribution in [-0.2, 0) is 0 Å². The van der Waals surface area contributed by atoms with Crippen molar-refractivity contribution >= 4 is 11.4 Å². The van der Waals surface area contributed by atoms with E-state index in [4.69, 9.17) is 0 Å². The average Bonchev–Trinajstić information content (AvgIpc) is 2.36. The van der Waals surface area contributed by atoms with E-state index in [1.165, 1.54) is 17.1 Å². The van der Waals surface area contributed by atoms with Crippen LogP contribution in [0.4, 0.5) is 11.4 Å². The Bertz CT molecular complexity index is 473. The summed E-state index contributed by atoms with van der Waals surface area (Å²) in [7, 11) is 4.34. The molecule has 3 rings (SSSR count). The molecule has 0 bridgehead atoms. The molecule has 2 nitrogen and oxygen atoms in total. The first kappa shape index (κ1) is 9.52. The highest BCUT2D eigenvalue weighted by Gasteiger charge is 2.30. The molecule has 0 saturated carbocycles. The van der Waals surface area contributed by atoms with E-state index in [-0.39, 0.29) is 0 Å². The van der Waals surface area contributed by atoms with Gasteiger partial charge >= 0.3 is 0 Å². The third-order valence-corrected chi connectivity index (χ3v) is 3.58. The van der Waals surface area contributed by atoms with Crippen LogP contribution in [0, 0.1) is 0 Å². The summed E-state index contributed by atoms with van der Waals surface area (Å²) in [5, 5.41) is 0. The zero-order valence-corrected chi connectivity index (χ0v) is 9.72. The molecule has 0 spiro atoms. The molecule has 2 aliphatic rings. The third-order valence-electron chi connectivity index (χ3n) is 3.58. The van der Waals surface area contributed by atoms with Crippen LogP contribution in [0.25, 0.3) is 0 Å². The van der Waals surface area contributed by atoms with Crippen LogP contribution in [0.1, 0.15) is 6.42 Å². The summed E-state index contributed by atoms with van der Waals surface area (Å²) in [5.41, 5.74) is 4.01. The Morgan fingerprint density at radius 3 is 2.69 bits per heavy atom. The van der Waals surface area contributed by atoms with E-state index in [0.29, 0.717) is 6.04 Å². The molecule has 1 atom stereocenters. The fraction of sp³-hybridized carbons (Fsp3) is 0.286. The van der Waals surface area contributed by atoms with Crippen molar-refractivity contribution in [2.45, 2.75) is 12.5 Å². The Morgan fingerprint density at radius 1 is 1.12 bits per heavy atom. The van der Waals surface area contributed by atoms with E-state index in [0.717, 1.165) is 6.42 Å². The van der Waals surface area contributed by atoms with E-state index in [1.54, 1.807) is 0 Å². The standard InChI is InChI=1S/C14H16N2/c1-15-11-7-3-5-9-13(11)16(2)14-10-6-4-8-12(14)15/h3-9,14H,10H2,1-2H3. The number of nitrogens with zero attached hydrogens (tertiary/aromatic N) is 2. The molecule has 0 N–H and O–H groups in total. The molecular formula is C14H16N2. The lowest BCUT2D eigenvalue weighted by Crippen LogP contribution is -2.44. The van der Waals surface area contributed by atoms with E-state index in [1.807, 2.05) is 0 Å². The smallest absolute Gasteiger partial charge is 0.0725 e. The second kappa shape index (κ2) is 3.41. The number of benzene rings is 1. The second-order valence-electron chi connectivity index (χ2n) is 4.43. The summed E-state index contributed by atoms with van der Waals surface area (Å²) in [4.78, 5) is 4.69. The Balaban J connectivity index is 2.16. The van der Waals surface area contributed by atoms with Gasteiger partial charge in [-0.25, -0.2) is 0 Å². The average molecular weight is 212 g/mol. The molecule has 0 aromatic heterocycles. The van der Waals surface area contributed by atoms with Crippen LogP contribution in [0.2, 0.25) is 0 Å². The molecule has 1 aliphatic carbocycles. The zero-order valence-electron chi connectivity index (χ0n) is 9.72. The minimum Gasteiger partial charge on any atom is -0.364 e. The van der Waals surface area contributed by atoms with Gasteiger partial charge in [-0.05, 0) is 24.6 Å². The number of hydrogen-bond donors (Lipinski definition) is 0. The summed E-state index contributed by atoms with van der Waals surface area (Å²) in [5.74, 6) is 0. The number of rotatable bonds is 0. The molecule has 1 aromatic carbocycles. The van der Waals surface area contributed by atoms with E-state index in [2.05, 4.69) is 66.4 Å². The molecule has 16 heavy (non-hydrogen) atoms. The van der Waals surface area contributed by atoms with Gasteiger partial charge in [-0.15, -0.1) is 0 Å². The Kier molecular flexibility index (Phi) is 2.03. The summed E-state index contributed by atoms with van der Waals surface area (Å²) in [6.07, 6.45) is 7.72. The van der Waals surface area contributed by atoms with Gasteiger partial charge in [0.1, 0.15) is 0 Å². The maximum absolute atomic E-state index is 2.38. The van der Waals surface area contributed by atoms with Crippen LogP contribution in [0.5, 0.6) is 0 Å². The van der Waals surface area contributed by atoms with E-state index < -0.39 is 0 Å². The molecule has 1 unspecified atom stereocenters. The third kappa shape index (κ3) is 1.19. The number of anilines is 2. The quantitative estimate of drug-likeness (QED) is 0.652. The first-order chi connectivity index (χ1) is 7.79. The SMILES string of the molecule is CN1C2=CC=CCC2N(C)c2ccccc21. The summed E-state index contributed by atoms with van der Waals surface area (Å²) >= 11 is 0. The van der Waals surface area contributed by atoms with Crippen LogP contribution in [0.3, 0.4) is 0 Å². The fourth-order valence-corrected chi connectivity index (χ4v) is 2.65. The predicted molar refractivity (Wildman–Crippen MR) is 68.9 cm³/mol. The lowest BCUT2D eigenvalue weighted by Gasteiger charge is -2.44. The first-order valence-electron chi connectivity index (χ1n) is 5.71. The molecule has 0 saturated heterocycles. The number of para-hydroxylation sites is 2. The Hall–Kier alpha value is -1.70. The van der Waals surface area contributed by atoms with Crippen molar-refractivity contribution in [2.24, 2.45) is 0 Å². The van der Waals surface area contributed by atoms with Crippen molar-refractivity contribution in [2.75, 3.05) is 23.9 Å². The zero-order chi connectivity index (χ0) is 11.1. The van der Waals surface area contributed by atoms with E-state index in [9.17, 15) is 0 Å². The first-order valence-corrected chi connectivity index (χ1v) is 5.71. The van der Waals surface area contributed by atoms with Gasteiger partial charge in [0.05, 0.1) is 17.4 Å². The summed E-state index contributed by atoms with van der Waals surface area (Å²) in [6, 6.07) is 9.08. The highest BCUT2D eigenvalue weighted by molar-refractivity contribution is 5.77. The predicted octanol–water partition coefficient (Wildman–Crippen LogP) is 2.79. The summed E-state index contributed by atoms with van der Waals surface area (Å²) in [6.45, 7) is 0. The molecule has 2 heteroatoms. The number of allylic oxidation sites excluding steroid dienone is 2. The molecule has 0 amide bonds. The van der Waals surface area contributed by atoms with Crippen molar-refractivity contribution < 1.29 is 0 Å². The second-order valence-corrected chi connectivity index (χ2v) is 4.43.